The average Bonchev–Trinajstić information content (AvgIpc) is 1.81. The van der Waals surface area contributed by atoms with E-state index in [9.17, 15) is 53.0 Å². The first-order chi connectivity index (χ1) is 43.1. The lowest BCUT2D eigenvalue weighted by Crippen LogP contribution is -2.61. The molecule has 0 aliphatic carbocycles. The summed E-state index contributed by atoms with van der Waals surface area (Å²) in [5, 5.41) is 41.2. The van der Waals surface area contributed by atoms with Crippen LogP contribution in [0.1, 0.15) is 106 Å². The van der Waals surface area contributed by atoms with Gasteiger partial charge in [0.1, 0.15) is 53.9 Å². The number of amides is 9. The monoisotopic (exact) mass is 1240 g/mol. The Bertz CT molecular complexity index is 3270. The number of phenols is 1. The standard InChI is InChI=1S/C64H85FN14O11/c1-5-69-60(87)53-21-13-31-79(53)63(90)49(20-12-30-71-64(66)67)75-58(85)50(32-39(2)3)76-57(84)48(19-8-9-29-70-56(83)42-15-11-28-68-36-42)74-61(88)54(34-41-22-25-45(81)26-23-41)78(4)62(89)52(38-80)77-59(86)51(35-43-37-72-47-18-7-6-17-46(43)47)73-55(82)27-24-40-14-10-16-44(65)33-40/h6-7,10-11,14-18,22-23,25-26,28,33,36-37,39,48-54,72,80-81H,5,8-9,12-13,19-21,24,27,29-32,34-35,38H2,1-4H3,(H,69,87)(H,70,83)(H,73,82)(H,74,88)(H,75,85)(H,76,84)(H,77,86)(H4,66,67,71)/t48-,49+,50+,51-,52+,53+,54+/m1/s1. The van der Waals surface area contributed by atoms with E-state index in [4.69, 9.17) is 11.5 Å². The fourth-order valence-corrected chi connectivity index (χ4v) is 10.7. The molecule has 3 heterocycles. The van der Waals surface area contributed by atoms with Crippen molar-refractivity contribution in [2.75, 3.05) is 39.8 Å². The number of carbonyl (C=O) groups is 9. The topological polar surface area (TPSA) is 378 Å². The number of para-hydroxylation sites is 1. The number of likely N-dealkylation sites (N-methyl/N-ethyl adjacent to an activating group) is 2. The largest absolute Gasteiger partial charge is 0.508 e. The van der Waals surface area contributed by atoms with Gasteiger partial charge in [-0.1, -0.05) is 56.3 Å². The van der Waals surface area contributed by atoms with Gasteiger partial charge >= 0.3 is 0 Å². The molecule has 26 heteroatoms. The summed E-state index contributed by atoms with van der Waals surface area (Å²) in [4.78, 5) is 141. The maximum atomic E-state index is 15.1. The van der Waals surface area contributed by atoms with Gasteiger partial charge in [0.15, 0.2) is 5.96 Å². The Morgan fingerprint density at radius 1 is 0.778 bits per heavy atom. The molecule has 5 aromatic rings. The molecule has 0 bridgehead atoms. The Labute approximate surface area is 522 Å². The summed E-state index contributed by atoms with van der Waals surface area (Å²) in [6.07, 6.45) is 6.16. The minimum absolute atomic E-state index is 0.0622. The number of H-pyrrole nitrogens is 1. The second kappa shape index (κ2) is 34.9. The van der Waals surface area contributed by atoms with Crippen LogP contribution in [0.2, 0.25) is 0 Å². The fraction of sp³-hybridized carbons (Fsp3) is 0.453. The highest BCUT2D eigenvalue weighted by atomic mass is 19.1. The summed E-state index contributed by atoms with van der Waals surface area (Å²) in [5.74, 6) is -6.95. The van der Waals surface area contributed by atoms with Crippen molar-refractivity contribution < 1.29 is 57.8 Å². The molecule has 3 aromatic carbocycles. The molecule has 7 atom stereocenters. The number of aliphatic hydroxyl groups excluding tert-OH is 1. The van der Waals surface area contributed by atoms with Crippen LogP contribution in [0, 0.1) is 11.7 Å². The van der Waals surface area contributed by atoms with Gasteiger partial charge in [-0.2, -0.15) is 0 Å². The molecule has 484 valence electrons. The van der Waals surface area contributed by atoms with Gasteiger partial charge in [0, 0.05) is 82.0 Å². The van der Waals surface area contributed by atoms with Gasteiger partial charge in [-0.05, 0) is 130 Å². The minimum Gasteiger partial charge on any atom is -0.508 e. The summed E-state index contributed by atoms with van der Waals surface area (Å²) in [5.41, 5.74) is 13.9. The molecular formula is C64H85FN14O11. The number of unbranched alkanes of at least 4 members (excludes halogenated alkanes) is 1. The number of aryl methyl sites for hydroxylation is 1. The highest BCUT2D eigenvalue weighted by Crippen LogP contribution is 2.23. The van der Waals surface area contributed by atoms with Gasteiger partial charge in [0.2, 0.25) is 47.3 Å². The third-order valence-corrected chi connectivity index (χ3v) is 15.4. The second-order valence-corrected chi connectivity index (χ2v) is 22.7. The second-order valence-electron chi connectivity index (χ2n) is 22.7. The van der Waals surface area contributed by atoms with Crippen molar-refractivity contribution in [2.45, 2.75) is 140 Å². The number of pyridine rings is 1. The Hall–Kier alpha value is -9.46. The van der Waals surface area contributed by atoms with Gasteiger partial charge in [-0.25, -0.2) is 4.39 Å². The molecule has 1 aliphatic heterocycles. The number of fused-ring (bicyclic) bond motifs is 1. The molecule has 1 saturated heterocycles. The van der Waals surface area contributed by atoms with Gasteiger partial charge in [0.25, 0.3) is 5.91 Å². The number of hydrogen-bond acceptors (Lipinski definition) is 13. The number of nitrogens with two attached hydrogens (primary N) is 2. The number of aliphatic hydroxyl groups is 1. The van der Waals surface area contributed by atoms with E-state index < -0.39 is 96.1 Å². The predicted octanol–water partition coefficient (Wildman–Crippen LogP) is 1.90. The van der Waals surface area contributed by atoms with Crippen LogP contribution in [0.15, 0.2) is 109 Å². The number of aromatic amines is 1. The SMILES string of the molecule is CCNC(=O)[C@@H]1CCCN1C(=O)[C@H](CCCN=C(N)N)NC(=O)[C@H](CC(C)C)NC(=O)[C@@H](CCCCNC(=O)c1cccnc1)NC(=O)[C@H](Cc1ccc(O)cc1)N(C)C(=O)[C@H](CO)NC(=O)[C@@H](Cc1c[nH]c2ccccc12)NC(=O)CCc1cccc(F)c1. The molecule has 2 aromatic heterocycles. The number of aliphatic imine (C=N–C) groups is 1. The van der Waals surface area contributed by atoms with Crippen LogP contribution in [0.5, 0.6) is 5.75 Å². The quantitative estimate of drug-likeness (QED) is 0.0159. The Kier molecular flexibility index (Phi) is 27.0. The summed E-state index contributed by atoms with van der Waals surface area (Å²) < 4.78 is 14.0. The third kappa shape index (κ3) is 21.1. The number of hydrogen-bond donors (Lipinski definition) is 12. The number of likely N-dealkylation sites (tertiary alicyclic amines) is 1. The number of guanidine groups is 1. The van der Waals surface area contributed by atoms with E-state index in [-0.39, 0.29) is 107 Å². The zero-order chi connectivity index (χ0) is 65.3. The average molecular weight is 1250 g/mol. The van der Waals surface area contributed by atoms with Crippen molar-refractivity contribution in [2.24, 2.45) is 22.4 Å². The predicted molar refractivity (Wildman–Crippen MR) is 335 cm³/mol. The molecule has 9 amide bonds. The zero-order valence-corrected chi connectivity index (χ0v) is 51.3. The molecule has 14 N–H and O–H groups in total. The smallest absolute Gasteiger partial charge is 0.252 e. The molecular weight excluding hydrogens is 1160 g/mol. The number of phenolic OH excluding ortho intramolecular Hbond substituents is 1. The summed E-state index contributed by atoms with van der Waals surface area (Å²) >= 11 is 0. The fourth-order valence-electron chi connectivity index (χ4n) is 10.7. The Morgan fingerprint density at radius 3 is 2.18 bits per heavy atom. The third-order valence-electron chi connectivity index (χ3n) is 15.4. The lowest BCUT2D eigenvalue weighted by molar-refractivity contribution is -0.144. The molecule has 0 unspecified atom stereocenters. The van der Waals surface area contributed by atoms with Crippen LogP contribution < -0.4 is 48.7 Å². The van der Waals surface area contributed by atoms with Gasteiger partial charge < -0.3 is 73.7 Å². The van der Waals surface area contributed by atoms with Crippen molar-refractivity contribution in [3.8, 4) is 5.75 Å². The van der Waals surface area contributed by atoms with Crippen molar-refractivity contribution in [3.05, 3.63) is 132 Å². The molecule has 0 saturated carbocycles. The number of rotatable bonds is 34. The van der Waals surface area contributed by atoms with Crippen LogP contribution >= 0.6 is 0 Å². The maximum absolute atomic E-state index is 15.1. The molecule has 6 rings (SSSR count). The molecule has 1 fully saturated rings. The summed E-state index contributed by atoms with van der Waals surface area (Å²) in [6, 6.07) is 12.9. The Morgan fingerprint density at radius 2 is 1.48 bits per heavy atom. The van der Waals surface area contributed by atoms with E-state index in [0.29, 0.717) is 48.1 Å². The van der Waals surface area contributed by atoms with Gasteiger partial charge in [-0.3, -0.25) is 53.1 Å². The highest BCUT2D eigenvalue weighted by Gasteiger charge is 2.40. The number of carbonyl (C=O) groups excluding carboxylic acids is 9. The van der Waals surface area contributed by atoms with Crippen LogP contribution in [-0.2, 0) is 57.6 Å². The molecule has 0 spiro atoms. The molecule has 1 aliphatic rings. The number of aromatic nitrogens is 2. The van der Waals surface area contributed by atoms with Gasteiger partial charge in [-0.15, -0.1) is 0 Å². The lowest BCUT2D eigenvalue weighted by atomic mass is 9.99. The highest BCUT2D eigenvalue weighted by molar-refractivity contribution is 5.98. The molecule has 90 heavy (non-hydrogen) atoms. The van der Waals surface area contributed by atoms with Crippen LogP contribution in [0.3, 0.4) is 0 Å². The van der Waals surface area contributed by atoms with Crippen molar-refractivity contribution in [3.63, 3.8) is 0 Å². The normalized spacial score (nSPS) is 14.8. The number of nitrogens with one attached hydrogen (secondary N) is 8. The van der Waals surface area contributed by atoms with Crippen molar-refractivity contribution in [1.29, 1.82) is 0 Å². The number of benzene rings is 3. The molecule has 0 radical (unpaired) electrons. The summed E-state index contributed by atoms with van der Waals surface area (Å²) in [6.45, 7) is 5.33. The van der Waals surface area contributed by atoms with Crippen molar-refractivity contribution >= 4 is 70.0 Å². The Balaban J connectivity index is 1.26. The van der Waals surface area contributed by atoms with E-state index in [1.165, 1.54) is 66.8 Å². The van der Waals surface area contributed by atoms with Gasteiger partial charge in [0.05, 0.1) is 12.2 Å². The van der Waals surface area contributed by atoms with Crippen LogP contribution in [-0.4, -0.2) is 171 Å². The van der Waals surface area contributed by atoms with Crippen LogP contribution in [0.4, 0.5) is 4.39 Å². The first-order valence-electron chi connectivity index (χ1n) is 30.4. The first kappa shape index (κ1) is 69.6. The van der Waals surface area contributed by atoms with Crippen molar-refractivity contribution in [1.82, 2.24) is 57.0 Å². The maximum Gasteiger partial charge on any atom is 0.252 e. The minimum atomic E-state index is -1.70. The lowest BCUT2D eigenvalue weighted by Gasteiger charge is -2.32. The van der Waals surface area contributed by atoms with E-state index >= 15 is 4.79 Å². The zero-order valence-electron chi connectivity index (χ0n) is 51.3. The van der Waals surface area contributed by atoms with E-state index in [1.54, 1.807) is 31.3 Å². The molecule has 25 nitrogen and oxygen atoms in total. The number of aromatic hydroxyl groups is 1. The van der Waals surface area contributed by atoms with E-state index in [1.807, 2.05) is 38.1 Å². The van der Waals surface area contributed by atoms with E-state index in [2.05, 4.69) is 52.2 Å². The number of nitrogens with zero attached hydrogens (tertiary/aromatic N) is 4. The number of halogens is 1. The van der Waals surface area contributed by atoms with E-state index in [0.717, 1.165) is 15.8 Å². The van der Waals surface area contributed by atoms with Crippen LogP contribution in [0.25, 0.3) is 10.9 Å². The first-order valence-corrected chi connectivity index (χ1v) is 30.4. The summed E-state index contributed by atoms with van der Waals surface area (Å²) in [7, 11) is 1.28.